The monoisotopic (exact) mass is 489 g/mol. The Morgan fingerprint density at radius 2 is 1.89 bits per heavy atom. The number of nitrogens with one attached hydrogen (secondary N) is 2. The van der Waals surface area contributed by atoms with Crippen LogP contribution in [0.25, 0.3) is 0 Å². The van der Waals surface area contributed by atoms with Crippen molar-refractivity contribution >= 4 is 29.9 Å². The van der Waals surface area contributed by atoms with Gasteiger partial charge in [0, 0.05) is 19.7 Å². The number of halogens is 2. The van der Waals surface area contributed by atoms with Crippen LogP contribution in [0, 0.1) is 5.82 Å². The molecule has 8 heteroatoms. The average molecular weight is 489 g/mol. The molecule has 0 fully saturated rings. The number of nitrogens with zero attached hydrogens (tertiary/aromatic N) is 3. The molecule has 1 aromatic carbocycles. The van der Waals surface area contributed by atoms with Gasteiger partial charge >= 0.3 is 0 Å². The van der Waals surface area contributed by atoms with E-state index in [-0.39, 0.29) is 35.8 Å². The number of hydrogen-bond donors (Lipinski definition) is 2. The standard InChI is InChI=1S/C19H28FN5O.HI/c1-13(2)17-10-16(26-24-17)11-22-19(21-3)23-12-18(25(4)5)14-6-8-15(20)9-7-14;/h6-10,13,18H,11-12H2,1-5H3,(H2,21,22,23);1H. The maximum Gasteiger partial charge on any atom is 0.191 e. The summed E-state index contributed by atoms with van der Waals surface area (Å²) in [6.45, 7) is 5.29. The number of guanidine groups is 1. The lowest BCUT2D eigenvalue weighted by Crippen LogP contribution is -2.41. The van der Waals surface area contributed by atoms with Gasteiger partial charge in [-0.15, -0.1) is 24.0 Å². The third-order valence-electron chi connectivity index (χ3n) is 4.16. The molecule has 0 saturated carbocycles. The lowest BCUT2D eigenvalue weighted by atomic mass is 10.1. The lowest BCUT2D eigenvalue weighted by Gasteiger charge is -2.26. The van der Waals surface area contributed by atoms with Crippen LogP contribution in [0.1, 0.15) is 42.8 Å². The van der Waals surface area contributed by atoms with Crippen LogP contribution in [0.15, 0.2) is 39.8 Å². The van der Waals surface area contributed by atoms with Crippen molar-refractivity contribution in [3.05, 3.63) is 53.2 Å². The Bertz CT molecular complexity index is 715. The molecule has 2 aromatic rings. The van der Waals surface area contributed by atoms with Gasteiger partial charge in [-0.25, -0.2) is 4.39 Å². The molecule has 2 rings (SSSR count). The van der Waals surface area contributed by atoms with Crippen molar-refractivity contribution in [1.82, 2.24) is 20.7 Å². The molecule has 150 valence electrons. The second kappa shape index (κ2) is 11.2. The Balaban J connectivity index is 0.00000364. The highest BCUT2D eigenvalue weighted by Crippen LogP contribution is 2.18. The number of likely N-dealkylation sites (N-methyl/N-ethyl adjacent to an activating group) is 1. The van der Waals surface area contributed by atoms with Crippen molar-refractivity contribution in [1.29, 1.82) is 0 Å². The summed E-state index contributed by atoms with van der Waals surface area (Å²) in [5, 5.41) is 10.6. The van der Waals surface area contributed by atoms with Gasteiger partial charge in [0.1, 0.15) is 5.82 Å². The number of rotatable bonds is 7. The van der Waals surface area contributed by atoms with E-state index in [0.717, 1.165) is 17.0 Å². The second-order valence-electron chi connectivity index (χ2n) is 6.71. The highest BCUT2D eigenvalue weighted by Gasteiger charge is 2.15. The van der Waals surface area contributed by atoms with Gasteiger partial charge in [-0.2, -0.15) is 0 Å². The molecule has 0 radical (unpaired) electrons. The average Bonchev–Trinajstić information content (AvgIpc) is 3.08. The van der Waals surface area contributed by atoms with Crippen LogP contribution in [-0.4, -0.2) is 43.7 Å². The molecule has 2 N–H and O–H groups in total. The first kappa shape index (κ1) is 23.4. The van der Waals surface area contributed by atoms with E-state index in [0.29, 0.717) is 25.0 Å². The zero-order valence-electron chi connectivity index (χ0n) is 16.5. The molecule has 0 amide bonds. The molecular weight excluding hydrogens is 460 g/mol. The predicted molar refractivity (Wildman–Crippen MR) is 117 cm³/mol. The molecule has 0 spiro atoms. The fourth-order valence-electron chi connectivity index (χ4n) is 2.55. The van der Waals surface area contributed by atoms with Crippen LogP contribution in [0.2, 0.25) is 0 Å². The first-order chi connectivity index (χ1) is 12.4. The van der Waals surface area contributed by atoms with Gasteiger partial charge < -0.3 is 20.1 Å². The first-order valence-corrected chi connectivity index (χ1v) is 8.72. The molecule has 1 atom stereocenters. The van der Waals surface area contributed by atoms with Crippen LogP contribution in [0.3, 0.4) is 0 Å². The van der Waals surface area contributed by atoms with Gasteiger partial charge in [-0.3, -0.25) is 4.99 Å². The van der Waals surface area contributed by atoms with Gasteiger partial charge in [-0.05, 0) is 37.7 Å². The fourth-order valence-corrected chi connectivity index (χ4v) is 2.55. The molecule has 0 aliphatic heterocycles. The van der Waals surface area contributed by atoms with Crippen molar-refractivity contribution in [3.63, 3.8) is 0 Å². The predicted octanol–water partition coefficient (Wildman–Crippen LogP) is 3.52. The Labute approximate surface area is 177 Å². The minimum atomic E-state index is -0.232. The van der Waals surface area contributed by atoms with E-state index in [4.69, 9.17) is 4.52 Å². The highest BCUT2D eigenvalue weighted by atomic mass is 127. The van der Waals surface area contributed by atoms with Crippen molar-refractivity contribution in [2.24, 2.45) is 4.99 Å². The molecule has 27 heavy (non-hydrogen) atoms. The Morgan fingerprint density at radius 3 is 2.41 bits per heavy atom. The maximum atomic E-state index is 13.2. The largest absolute Gasteiger partial charge is 0.359 e. The molecule has 0 aliphatic carbocycles. The smallest absolute Gasteiger partial charge is 0.191 e. The van der Waals surface area contributed by atoms with Crippen molar-refractivity contribution < 1.29 is 8.91 Å². The number of benzene rings is 1. The summed E-state index contributed by atoms with van der Waals surface area (Å²) in [5.74, 6) is 1.53. The van der Waals surface area contributed by atoms with Crippen LogP contribution in [0.5, 0.6) is 0 Å². The van der Waals surface area contributed by atoms with Crippen molar-refractivity contribution in [3.8, 4) is 0 Å². The fraction of sp³-hybridized carbons (Fsp3) is 0.474. The zero-order chi connectivity index (χ0) is 19.1. The topological polar surface area (TPSA) is 65.7 Å². The molecule has 6 nitrogen and oxygen atoms in total. The quantitative estimate of drug-likeness (QED) is 0.354. The molecule has 0 saturated heterocycles. The molecular formula is C19H29FIN5O. The van der Waals surface area contributed by atoms with E-state index < -0.39 is 0 Å². The summed E-state index contributed by atoms with van der Waals surface area (Å²) in [4.78, 5) is 6.32. The summed E-state index contributed by atoms with van der Waals surface area (Å²) in [6, 6.07) is 8.61. The molecule has 1 unspecified atom stereocenters. The van der Waals surface area contributed by atoms with Crippen molar-refractivity contribution in [2.45, 2.75) is 32.4 Å². The third kappa shape index (κ3) is 7.10. The highest BCUT2D eigenvalue weighted by molar-refractivity contribution is 14.0. The van der Waals surface area contributed by atoms with E-state index in [2.05, 4.69) is 39.5 Å². The minimum Gasteiger partial charge on any atom is -0.359 e. The molecule has 1 aromatic heterocycles. The van der Waals surface area contributed by atoms with Crippen LogP contribution < -0.4 is 10.6 Å². The van der Waals surface area contributed by atoms with Crippen LogP contribution in [-0.2, 0) is 6.54 Å². The van der Waals surface area contributed by atoms with E-state index in [1.165, 1.54) is 12.1 Å². The zero-order valence-corrected chi connectivity index (χ0v) is 18.8. The van der Waals surface area contributed by atoms with Gasteiger partial charge in [0.2, 0.25) is 0 Å². The van der Waals surface area contributed by atoms with Gasteiger partial charge in [0.15, 0.2) is 11.7 Å². The normalized spacial score (nSPS) is 12.8. The van der Waals surface area contributed by atoms with Gasteiger partial charge in [0.05, 0.1) is 18.3 Å². The van der Waals surface area contributed by atoms with E-state index in [1.54, 1.807) is 19.2 Å². The SMILES string of the molecule is CN=C(NCc1cc(C(C)C)no1)NCC(c1ccc(F)cc1)N(C)C.I. The van der Waals surface area contributed by atoms with E-state index >= 15 is 0 Å². The number of aromatic nitrogens is 1. The first-order valence-electron chi connectivity index (χ1n) is 8.72. The third-order valence-corrected chi connectivity index (χ3v) is 4.16. The molecule has 1 heterocycles. The molecule has 0 bridgehead atoms. The minimum absolute atomic E-state index is 0. The number of aliphatic imine (C=N–C) groups is 1. The van der Waals surface area contributed by atoms with Gasteiger partial charge in [-0.1, -0.05) is 31.1 Å². The summed E-state index contributed by atoms with van der Waals surface area (Å²) in [7, 11) is 5.71. The van der Waals surface area contributed by atoms with Crippen molar-refractivity contribution in [2.75, 3.05) is 27.7 Å². The summed E-state index contributed by atoms with van der Waals surface area (Å²) in [6.07, 6.45) is 0. The molecule has 0 aliphatic rings. The van der Waals surface area contributed by atoms with Crippen LogP contribution >= 0.6 is 24.0 Å². The Morgan fingerprint density at radius 1 is 1.22 bits per heavy atom. The van der Waals surface area contributed by atoms with E-state index in [1.807, 2.05) is 20.2 Å². The Hall–Kier alpha value is -1.68. The Kier molecular flexibility index (Phi) is 9.71. The lowest BCUT2D eigenvalue weighted by molar-refractivity contribution is 0.297. The summed E-state index contributed by atoms with van der Waals surface area (Å²) < 4.78 is 18.5. The summed E-state index contributed by atoms with van der Waals surface area (Å²) in [5.41, 5.74) is 1.98. The second-order valence-corrected chi connectivity index (χ2v) is 6.71. The number of hydrogen-bond acceptors (Lipinski definition) is 4. The summed E-state index contributed by atoms with van der Waals surface area (Å²) >= 11 is 0. The van der Waals surface area contributed by atoms with Gasteiger partial charge in [0.25, 0.3) is 0 Å². The maximum absolute atomic E-state index is 13.2. The van der Waals surface area contributed by atoms with Crippen LogP contribution in [0.4, 0.5) is 4.39 Å². The van der Waals surface area contributed by atoms with E-state index in [9.17, 15) is 4.39 Å².